The number of rotatable bonds is 2. The summed E-state index contributed by atoms with van der Waals surface area (Å²) in [6.45, 7) is 4.69. The molecule has 2 heteroatoms. The van der Waals surface area contributed by atoms with Crippen LogP contribution >= 0.6 is 0 Å². The van der Waals surface area contributed by atoms with Crippen LogP contribution in [0.3, 0.4) is 0 Å². The monoisotopic (exact) mass is 176 g/mol. The van der Waals surface area contributed by atoms with Crippen molar-refractivity contribution in [3.8, 4) is 0 Å². The molecule has 0 spiro atoms. The summed E-state index contributed by atoms with van der Waals surface area (Å²) in [5.74, 6) is 0. The molecule has 0 aliphatic carbocycles. The fraction of sp³-hybridized carbons (Fsp3) is 0.273. The molecule has 0 radical (unpaired) electrons. The third-order valence-electron chi connectivity index (χ3n) is 2.31. The third-order valence-corrected chi connectivity index (χ3v) is 2.31. The molecule has 1 aromatic rings. The van der Waals surface area contributed by atoms with Gasteiger partial charge in [-0.25, -0.2) is 0 Å². The molecule has 68 valence electrons. The lowest BCUT2D eigenvalue weighted by molar-refractivity contribution is 0.0154. The number of hydrogen-bond donors (Lipinski definition) is 0. The Hall–Kier alpha value is -1.12. The molecule has 1 aliphatic rings. The predicted molar refractivity (Wildman–Crippen MR) is 50.2 cm³/mol. The number of hydrogen-bond acceptors (Lipinski definition) is 2. The lowest BCUT2D eigenvalue weighted by Crippen LogP contribution is -2.25. The Morgan fingerprint density at radius 1 is 1.31 bits per heavy atom. The molecule has 1 unspecified atom stereocenters. The molecular formula is C11H12O2. The van der Waals surface area contributed by atoms with Crippen molar-refractivity contribution in [3.05, 3.63) is 48.6 Å². The molecular weight excluding hydrogens is 164 g/mol. The second kappa shape index (κ2) is 3.32. The van der Waals surface area contributed by atoms with E-state index in [0.29, 0.717) is 13.4 Å². The highest BCUT2D eigenvalue weighted by Gasteiger charge is 2.34. The minimum absolute atomic E-state index is 0.348. The summed E-state index contributed by atoms with van der Waals surface area (Å²) in [5, 5.41) is 0. The van der Waals surface area contributed by atoms with Gasteiger partial charge in [-0.05, 0) is 5.56 Å². The zero-order valence-corrected chi connectivity index (χ0v) is 7.40. The van der Waals surface area contributed by atoms with Crippen LogP contribution in [0.25, 0.3) is 0 Å². The van der Waals surface area contributed by atoms with Gasteiger partial charge in [0.15, 0.2) is 0 Å². The first-order valence-electron chi connectivity index (χ1n) is 4.28. The van der Waals surface area contributed by atoms with Crippen LogP contribution in [0.1, 0.15) is 5.56 Å². The normalized spacial score (nSPS) is 27.4. The van der Waals surface area contributed by atoms with E-state index in [1.165, 1.54) is 0 Å². The summed E-state index contributed by atoms with van der Waals surface area (Å²) in [6.07, 6.45) is 1.80. The van der Waals surface area contributed by atoms with Crippen molar-refractivity contribution in [2.45, 2.75) is 5.60 Å². The highest BCUT2D eigenvalue weighted by atomic mass is 16.7. The van der Waals surface area contributed by atoms with E-state index in [-0.39, 0.29) is 0 Å². The highest BCUT2D eigenvalue weighted by Crippen LogP contribution is 2.31. The van der Waals surface area contributed by atoms with Crippen molar-refractivity contribution in [2.75, 3.05) is 13.4 Å². The average Bonchev–Trinajstić information content (AvgIpc) is 2.69. The molecule has 1 saturated heterocycles. The van der Waals surface area contributed by atoms with Gasteiger partial charge in [-0.1, -0.05) is 43.0 Å². The molecule has 13 heavy (non-hydrogen) atoms. The molecule has 0 saturated carbocycles. The van der Waals surface area contributed by atoms with E-state index in [4.69, 9.17) is 9.47 Å². The second-order valence-corrected chi connectivity index (χ2v) is 3.07. The quantitative estimate of drug-likeness (QED) is 0.642. The first kappa shape index (κ1) is 8.48. The van der Waals surface area contributed by atoms with Crippen molar-refractivity contribution >= 4 is 0 Å². The zero-order valence-electron chi connectivity index (χ0n) is 7.40. The summed E-state index contributed by atoms with van der Waals surface area (Å²) in [4.78, 5) is 0. The van der Waals surface area contributed by atoms with Gasteiger partial charge in [-0.15, -0.1) is 0 Å². The Balaban J connectivity index is 2.36. The topological polar surface area (TPSA) is 18.5 Å². The van der Waals surface area contributed by atoms with Gasteiger partial charge < -0.3 is 9.47 Å². The molecule has 2 rings (SSSR count). The van der Waals surface area contributed by atoms with Gasteiger partial charge in [-0.3, -0.25) is 0 Å². The molecule has 0 N–H and O–H groups in total. The summed E-state index contributed by atoms with van der Waals surface area (Å²) in [6, 6.07) is 10.0. The Labute approximate surface area is 77.8 Å². The van der Waals surface area contributed by atoms with E-state index in [2.05, 4.69) is 6.58 Å². The third kappa shape index (κ3) is 1.39. The minimum Gasteiger partial charge on any atom is -0.352 e. The Morgan fingerprint density at radius 2 is 2.08 bits per heavy atom. The molecule has 1 heterocycles. The van der Waals surface area contributed by atoms with Gasteiger partial charge in [0.2, 0.25) is 0 Å². The molecule has 1 atom stereocenters. The molecule has 1 fully saturated rings. The predicted octanol–water partition coefficient (Wildman–Crippen LogP) is 2.07. The summed E-state index contributed by atoms with van der Waals surface area (Å²) < 4.78 is 10.7. The fourth-order valence-corrected chi connectivity index (χ4v) is 1.50. The summed E-state index contributed by atoms with van der Waals surface area (Å²) in [5.41, 5.74) is 0.670. The Kier molecular flexibility index (Phi) is 2.17. The van der Waals surface area contributed by atoms with Crippen molar-refractivity contribution < 1.29 is 9.47 Å². The SMILES string of the molecule is C=CC1(c2ccccc2)COCO1. The highest BCUT2D eigenvalue weighted by molar-refractivity contribution is 5.27. The van der Waals surface area contributed by atoms with Gasteiger partial charge in [0.05, 0.1) is 6.61 Å². The molecule has 1 aromatic carbocycles. The lowest BCUT2D eigenvalue weighted by atomic mass is 9.95. The maximum absolute atomic E-state index is 5.54. The van der Waals surface area contributed by atoms with E-state index in [9.17, 15) is 0 Å². The minimum atomic E-state index is -0.429. The van der Waals surface area contributed by atoms with Gasteiger partial charge >= 0.3 is 0 Å². The van der Waals surface area contributed by atoms with Crippen molar-refractivity contribution in [1.82, 2.24) is 0 Å². The Bertz CT molecular complexity index is 286. The average molecular weight is 176 g/mol. The van der Waals surface area contributed by atoms with E-state index in [0.717, 1.165) is 5.56 Å². The van der Waals surface area contributed by atoms with Crippen LogP contribution in [0.2, 0.25) is 0 Å². The van der Waals surface area contributed by atoms with Crippen LogP contribution < -0.4 is 0 Å². The molecule has 0 bridgehead atoms. The molecule has 2 nitrogen and oxygen atoms in total. The van der Waals surface area contributed by atoms with Gasteiger partial charge in [-0.2, -0.15) is 0 Å². The maximum Gasteiger partial charge on any atom is 0.148 e. The maximum atomic E-state index is 5.54. The standard InChI is InChI=1S/C11H12O2/c1-2-11(8-12-9-13-11)10-6-4-3-5-7-10/h2-7H,1,8-9H2. The first-order valence-corrected chi connectivity index (χ1v) is 4.28. The summed E-state index contributed by atoms with van der Waals surface area (Å²) in [7, 11) is 0. The van der Waals surface area contributed by atoms with Crippen LogP contribution in [0, 0.1) is 0 Å². The van der Waals surface area contributed by atoms with Crippen molar-refractivity contribution in [1.29, 1.82) is 0 Å². The van der Waals surface area contributed by atoms with E-state index in [1.54, 1.807) is 6.08 Å². The van der Waals surface area contributed by atoms with Crippen LogP contribution in [0.5, 0.6) is 0 Å². The largest absolute Gasteiger partial charge is 0.352 e. The van der Waals surface area contributed by atoms with Gasteiger partial charge in [0.1, 0.15) is 12.4 Å². The van der Waals surface area contributed by atoms with E-state index in [1.807, 2.05) is 30.3 Å². The van der Waals surface area contributed by atoms with E-state index < -0.39 is 5.60 Å². The fourth-order valence-electron chi connectivity index (χ4n) is 1.50. The van der Waals surface area contributed by atoms with Crippen molar-refractivity contribution in [3.63, 3.8) is 0 Å². The molecule has 0 amide bonds. The second-order valence-electron chi connectivity index (χ2n) is 3.07. The van der Waals surface area contributed by atoms with Crippen molar-refractivity contribution in [2.24, 2.45) is 0 Å². The first-order chi connectivity index (χ1) is 6.37. The Morgan fingerprint density at radius 3 is 2.62 bits per heavy atom. The smallest absolute Gasteiger partial charge is 0.148 e. The summed E-state index contributed by atoms with van der Waals surface area (Å²) >= 11 is 0. The molecule has 1 aliphatic heterocycles. The lowest BCUT2D eigenvalue weighted by Gasteiger charge is -2.22. The van der Waals surface area contributed by atoms with Crippen LogP contribution in [0.15, 0.2) is 43.0 Å². The van der Waals surface area contributed by atoms with Crippen LogP contribution in [0.4, 0.5) is 0 Å². The number of ether oxygens (including phenoxy) is 2. The van der Waals surface area contributed by atoms with Gasteiger partial charge in [0, 0.05) is 0 Å². The van der Waals surface area contributed by atoms with Gasteiger partial charge in [0.25, 0.3) is 0 Å². The molecule has 0 aromatic heterocycles. The zero-order chi connectivity index (χ0) is 9.15. The number of benzene rings is 1. The van der Waals surface area contributed by atoms with Crippen LogP contribution in [-0.2, 0) is 15.1 Å². The van der Waals surface area contributed by atoms with Crippen LogP contribution in [-0.4, -0.2) is 13.4 Å². The van der Waals surface area contributed by atoms with E-state index >= 15 is 0 Å².